The largest absolute Gasteiger partial charge is 0.382 e. The SMILES string of the molecule is Cc1ccc(C(O)c2cc(C)c3ccccc3n2)cc1F. The smallest absolute Gasteiger partial charge is 0.126 e. The monoisotopic (exact) mass is 281 g/mol. The van der Waals surface area contributed by atoms with Gasteiger partial charge < -0.3 is 5.11 Å². The molecule has 0 fully saturated rings. The standard InChI is InChI=1S/C18H16FNO/c1-11-7-8-13(10-15(11)19)18(21)17-9-12(2)14-5-3-4-6-16(14)20-17/h3-10,18,21H,1-2H3. The van der Waals surface area contributed by atoms with Gasteiger partial charge in [-0.1, -0.05) is 30.3 Å². The summed E-state index contributed by atoms with van der Waals surface area (Å²) < 4.78 is 13.7. The molecule has 0 saturated carbocycles. The van der Waals surface area contributed by atoms with Crippen molar-refractivity contribution in [2.45, 2.75) is 20.0 Å². The zero-order chi connectivity index (χ0) is 15.0. The Morgan fingerprint density at radius 1 is 1.00 bits per heavy atom. The number of halogens is 1. The van der Waals surface area contributed by atoms with Crippen LogP contribution in [0.4, 0.5) is 4.39 Å². The Balaban J connectivity index is 2.08. The molecule has 1 heterocycles. The molecule has 0 radical (unpaired) electrons. The maximum absolute atomic E-state index is 13.7. The third-order valence-electron chi connectivity index (χ3n) is 3.73. The van der Waals surface area contributed by atoms with Gasteiger partial charge in [0.15, 0.2) is 0 Å². The lowest BCUT2D eigenvalue weighted by molar-refractivity contribution is 0.215. The first kappa shape index (κ1) is 13.7. The van der Waals surface area contributed by atoms with Crippen molar-refractivity contribution >= 4 is 10.9 Å². The number of hydrogen-bond acceptors (Lipinski definition) is 2. The molecule has 0 aliphatic carbocycles. The number of aryl methyl sites for hydroxylation is 2. The molecular formula is C18H16FNO. The Morgan fingerprint density at radius 3 is 2.52 bits per heavy atom. The van der Waals surface area contributed by atoms with Crippen LogP contribution in [-0.4, -0.2) is 10.1 Å². The summed E-state index contributed by atoms with van der Waals surface area (Å²) in [6.45, 7) is 3.68. The number of aromatic nitrogens is 1. The van der Waals surface area contributed by atoms with E-state index in [0.717, 1.165) is 16.5 Å². The number of aliphatic hydroxyl groups excluding tert-OH is 1. The normalized spacial score (nSPS) is 12.6. The van der Waals surface area contributed by atoms with E-state index in [4.69, 9.17) is 0 Å². The first-order chi connectivity index (χ1) is 10.1. The molecule has 1 aromatic heterocycles. The predicted octanol–water partition coefficient (Wildman–Crippen LogP) is 4.07. The summed E-state index contributed by atoms with van der Waals surface area (Å²) in [5, 5.41) is 11.5. The fourth-order valence-corrected chi connectivity index (χ4v) is 2.47. The van der Waals surface area contributed by atoms with Gasteiger partial charge in [-0.2, -0.15) is 0 Å². The molecule has 1 unspecified atom stereocenters. The number of pyridine rings is 1. The fraction of sp³-hybridized carbons (Fsp3) is 0.167. The molecule has 1 N–H and O–H groups in total. The Hall–Kier alpha value is -2.26. The highest BCUT2D eigenvalue weighted by molar-refractivity contribution is 5.82. The Bertz CT molecular complexity index is 813. The highest BCUT2D eigenvalue weighted by Crippen LogP contribution is 2.26. The van der Waals surface area contributed by atoms with Crippen molar-refractivity contribution in [1.82, 2.24) is 4.98 Å². The van der Waals surface area contributed by atoms with Gasteiger partial charge in [-0.15, -0.1) is 0 Å². The summed E-state index contributed by atoms with van der Waals surface area (Å²) in [6.07, 6.45) is -0.927. The van der Waals surface area contributed by atoms with Crippen molar-refractivity contribution in [2.75, 3.05) is 0 Å². The van der Waals surface area contributed by atoms with Gasteiger partial charge in [-0.25, -0.2) is 9.37 Å². The number of aliphatic hydroxyl groups is 1. The number of rotatable bonds is 2. The second-order valence-electron chi connectivity index (χ2n) is 5.29. The van der Waals surface area contributed by atoms with Crippen LogP contribution in [0.5, 0.6) is 0 Å². The van der Waals surface area contributed by atoms with Crippen LogP contribution >= 0.6 is 0 Å². The van der Waals surface area contributed by atoms with Gasteiger partial charge in [0.1, 0.15) is 11.9 Å². The van der Waals surface area contributed by atoms with Crippen molar-refractivity contribution in [3.63, 3.8) is 0 Å². The number of fused-ring (bicyclic) bond motifs is 1. The molecule has 1 atom stereocenters. The lowest BCUT2D eigenvalue weighted by atomic mass is 10.0. The first-order valence-electron chi connectivity index (χ1n) is 6.86. The summed E-state index contributed by atoms with van der Waals surface area (Å²) >= 11 is 0. The van der Waals surface area contributed by atoms with Gasteiger partial charge in [-0.3, -0.25) is 0 Å². The zero-order valence-electron chi connectivity index (χ0n) is 12.0. The van der Waals surface area contributed by atoms with Crippen molar-refractivity contribution in [3.8, 4) is 0 Å². The van der Waals surface area contributed by atoms with Crippen molar-refractivity contribution in [2.24, 2.45) is 0 Å². The van der Waals surface area contributed by atoms with E-state index in [2.05, 4.69) is 4.98 Å². The third-order valence-corrected chi connectivity index (χ3v) is 3.73. The highest BCUT2D eigenvalue weighted by atomic mass is 19.1. The second kappa shape index (κ2) is 5.26. The van der Waals surface area contributed by atoms with Crippen LogP contribution in [0.2, 0.25) is 0 Å². The lowest BCUT2D eigenvalue weighted by Gasteiger charge is -2.13. The molecule has 2 nitrogen and oxygen atoms in total. The van der Waals surface area contributed by atoms with Gasteiger partial charge in [0.05, 0.1) is 11.2 Å². The maximum Gasteiger partial charge on any atom is 0.126 e. The van der Waals surface area contributed by atoms with Crippen LogP contribution in [0.1, 0.15) is 28.5 Å². The van der Waals surface area contributed by atoms with Gasteiger partial charge in [0.2, 0.25) is 0 Å². The average Bonchev–Trinajstić information content (AvgIpc) is 2.49. The molecule has 0 saturated heterocycles. The highest BCUT2D eigenvalue weighted by Gasteiger charge is 2.15. The van der Waals surface area contributed by atoms with Crippen LogP contribution in [0, 0.1) is 19.7 Å². The summed E-state index contributed by atoms with van der Waals surface area (Å²) in [5.74, 6) is -0.316. The van der Waals surface area contributed by atoms with E-state index in [1.807, 2.05) is 37.3 Å². The minimum atomic E-state index is -0.927. The zero-order valence-corrected chi connectivity index (χ0v) is 12.0. The van der Waals surface area contributed by atoms with Crippen molar-refractivity contribution in [3.05, 3.63) is 76.7 Å². The van der Waals surface area contributed by atoms with E-state index < -0.39 is 6.10 Å². The van der Waals surface area contributed by atoms with Gasteiger partial charge in [0.25, 0.3) is 0 Å². The maximum atomic E-state index is 13.7. The van der Waals surface area contributed by atoms with Crippen LogP contribution in [0.3, 0.4) is 0 Å². The molecule has 3 aromatic rings. The van der Waals surface area contributed by atoms with Crippen LogP contribution in [0.25, 0.3) is 10.9 Å². The van der Waals surface area contributed by atoms with Crippen LogP contribution < -0.4 is 0 Å². The summed E-state index contributed by atoms with van der Waals surface area (Å²) in [5.41, 5.74) is 3.49. The van der Waals surface area contributed by atoms with Gasteiger partial charge in [0, 0.05) is 5.39 Å². The average molecular weight is 281 g/mol. The molecule has 0 amide bonds. The molecular weight excluding hydrogens is 265 g/mol. The predicted molar refractivity (Wildman–Crippen MR) is 81.7 cm³/mol. The van der Waals surface area contributed by atoms with Crippen LogP contribution in [0.15, 0.2) is 48.5 Å². The van der Waals surface area contributed by atoms with Crippen molar-refractivity contribution < 1.29 is 9.50 Å². The minimum absolute atomic E-state index is 0.316. The molecule has 0 aliphatic heterocycles. The first-order valence-corrected chi connectivity index (χ1v) is 6.86. The van der Waals surface area contributed by atoms with Crippen molar-refractivity contribution in [1.29, 1.82) is 0 Å². The summed E-state index contributed by atoms with van der Waals surface area (Å²) in [7, 11) is 0. The Kier molecular flexibility index (Phi) is 3.43. The van der Waals surface area contributed by atoms with E-state index in [1.54, 1.807) is 19.1 Å². The van der Waals surface area contributed by atoms with E-state index in [9.17, 15) is 9.50 Å². The fourth-order valence-electron chi connectivity index (χ4n) is 2.47. The summed E-state index contributed by atoms with van der Waals surface area (Å²) in [6, 6.07) is 14.4. The van der Waals surface area contributed by atoms with Gasteiger partial charge in [-0.05, 0) is 48.7 Å². The molecule has 21 heavy (non-hydrogen) atoms. The number of benzene rings is 2. The number of hydrogen-bond donors (Lipinski definition) is 1. The molecule has 0 bridgehead atoms. The molecule has 0 aliphatic rings. The molecule has 2 aromatic carbocycles. The molecule has 3 rings (SSSR count). The molecule has 106 valence electrons. The van der Waals surface area contributed by atoms with E-state index >= 15 is 0 Å². The Labute approximate surface area is 122 Å². The third kappa shape index (κ3) is 2.52. The van der Waals surface area contributed by atoms with Gasteiger partial charge >= 0.3 is 0 Å². The van der Waals surface area contributed by atoms with Crippen LogP contribution in [-0.2, 0) is 0 Å². The topological polar surface area (TPSA) is 33.1 Å². The lowest BCUT2D eigenvalue weighted by Crippen LogP contribution is -2.04. The quantitative estimate of drug-likeness (QED) is 0.768. The molecule has 3 heteroatoms. The Morgan fingerprint density at radius 2 is 1.76 bits per heavy atom. The summed E-state index contributed by atoms with van der Waals surface area (Å²) in [4.78, 5) is 4.49. The number of nitrogens with zero attached hydrogens (tertiary/aromatic N) is 1. The second-order valence-corrected chi connectivity index (χ2v) is 5.29. The van der Waals surface area contributed by atoms with E-state index in [1.165, 1.54) is 6.07 Å². The molecule has 0 spiro atoms. The minimum Gasteiger partial charge on any atom is -0.382 e. The van der Waals surface area contributed by atoms with E-state index in [0.29, 0.717) is 16.8 Å². The van der Waals surface area contributed by atoms with E-state index in [-0.39, 0.29) is 5.82 Å². The number of para-hydroxylation sites is 1.